The first-order chi connectivity index (χ1) is 9.66. The lowest BCUT2D eigenvalue weighted by Gasteiger charge is -2.15. The summed E-state index contributed by atoms with van der Waals surface area (Å²) in [4.78, 5) is 10.8. The molecule has 1 fully saturated rings. The van der Waals surface area contributed by atoms with Crippen LogP contribution in [-0.2, 0) is 9.53 Å². The van der Waals surface area contributed by atoms with Gasteiger partial charge in [0.2, 0.25) is 0 Å². The lowest BCUT2D eigenvalue weighted by molar-refractivity contribution is -0.149. The number of hydrogen-bond donors (Lipinski definition) is 2. The first kappa shape index (κ1) is 15.0. The number of carboxylic acids is 1. The van der Waals surface area contributed by atoms with E-state index >= 15 is 0 Å². The summed E-state index contributed by atoms with van der Waals surface area (Å²) in [7, 11) is 0. The monoisotopic (exact) mass is 277 g/mol. The lowest BCUT2D eigenvalue weighted by atomic mass is 9.98. The van der Waals surface area contributed by atoms with Crippen LogP contribution in [0.5, 0.6) is 0 Å². The zero-order valence-electron chi connectivity index (χ0n) is 11.9. The summed E-state index contributed by atoms with van der Waals surface area (Å²) in [5.41, 5.74) is 1.36. The molecule has 20 heavy (non-hydrogen) atoms. The average molecular weight is 277 g/mol. The fourth-order valence-corrected chi connectivity index (χ4v) is 2.57. The summed E-state index contributed by atoms with van der Waals surface area (Å²) in [6.45, 7) is 3.89. The van der Waals surface area contributed by atoms with Gasteiger partial charge >= 0.3 is 5.97 Å². The molecule has 0 bridgehead atoms. The van der Waals surface area contributed by atoms with Gasteiger partial charge < -0.3 is 15.2 Å². The van der Waals surface area contributed by atoms with Gasteiger partial charge in [-0.05, 0) is 37.3 Å². The number of hydrogen-bond acceptors (Lipinski definition) is 3. The van der Waals surface area contributed by atoms with Gasteiger partial charge in [-0.15, -0.1) is 0 Å². The van der Waals surface area contributed by atoms with Crippen molar-refractivity contribution in [1.29, 1.82) is 0 Å². The molecule has 1 aliphatic rings. The van der Waals surface area contributed by atoms with E-state index in [-0.39, 0.29) is 6.10 Å². The molecule has 110 valence electrons. The van der Waals surface area contributed by atoms with Crippen molar-refractivity contribution in [1.82, 2.24) is 5.32 Å². The molecule has 1 aliphatic heterocycles. The summed E-state index contributed by atoms with van der Waals surface area (Å²) >= 11 is 0. The van der Waals surface area contributed by atoms with Crippen LogP contribution in [-0.4, -0.2) is 36.4 Å². The fourth-order valence-electron chi connectivity index (χ4n) is 2.57. The predicted octanol–water partition coefficient (Wildman–Crippen LogP) is 2.40. The fraction of sp³-hybridized carbons (Fsp3) is 0.562. The highest BCUT2D eigenvalue weighted by Gasteiger charge is 2.29. The molecule has 0 aromatic heterocycles. The molecule has 3 atom stereocenters. The minimum absolute atomic E-state index is 0.0446. The van der Waals surface area contributed by atoms with E-state index < -0.39 is 12.1 Å². The van der Waals surface area contributed by atoms with Crippen molar-refractivity contribution >= 4 is 5.97 Å². The molecular formula is C16H23NO3. The molecule has 2 N–H and O–H groups in total. The molecule has 1 heterocycles. The topological polar surface area (TPSA) is 58.6 Å². The summed E-state index contributed by atoms with van der Waals surface area (Å²) in [5, 5.41) is 12.2. The van der Waals surface area contributed by atoms with Crippen LogP contribution in [0, 0.1) is 0 Å². The number of carboxylic acid groups (broad SMARTS) is 1. The number of benzene rings is 1. The molecule has 0 radical (unpaired) electrons. The Morgan fingerprint density at radius 3 is 2.80 bits per heavy atom. The zero-order chi connectivity index (χ0) is 14.4. The maximum Gasteiger partial charge on any atom is 0.332 e. The van der Waals surface area contributed by atoms with Crippen molar-refractivity contribution in [2.75, 3.05) is 13.1 Å². The SMILES string of the molecule is CC(CCNCC1CCC(C(=O)O)O1)c1ccccc1. The minimum Gasteiger partial charge on any atom is -0.479 e. The van der Waals surface area contributed by atoms with Crippen LogP contribution in [0.1, 0.15) is 37.7 Å². The van der Waals surface area contributed by atoms with Crippen LogP contribution in [0.4, 0.5) is 0 Å². The Labute approximate surface area is 120 Å². The number of ether oxygens (including phenoxy) is 1. The highest BCUT2D eigenvalue weighted by molar-refractivity contribution is 5.72. The third kappa shape index (κ3) is 4.32. The number of nitrogens with one attached hydrogen (secondary N) is 1. The summed E-state index contributed by atoms with van der Waals surface area (Å²) in [5.74, 6) is -0.315. The third-order valence-corrected chi connectivity index (χ3v) is 3.88. The Balaban J connectivity index is 1.61. The quantitative estimate of drug-likeness (QED) is 0.751. The molecule has 4 heteroatoms. The predicted molar refractivity (Wildman–Crippen MR) is 77.9 cm³/mol. The van der Waals surface area contributed by atoms with E-state index in [4.69, 9.17) is 9.84 Å². The van der Waals surface area contributed by atoms with Gasteiger partial charge in [-0.25, -0.2) is 4.79 Å². The van der Waals surface area contributed by atoms with Crippen LogP contribution >= 0.6 is 0 Å². The zero-order valence-corrected chi connectivity index (χ0v) is 11.9. The van der Waals surface area contributed by atoms with Crippen LogP contribution in [0.3, 0.4) is 0 Å². The lowest BCUT2D eigenvalue weighted by Crippen LogP contribution is -2.29. The van der Waals surface area contributed by atoms with E-state index in [2.05, 4.69) is 36.5 Å². The Morgan fingerprint density at radius 2 is 2.15 bits per heavy atom. The Kier molecular flexibility index (Phi) is 5.56. The Bertz CT molecular complexity index is 421. The molecule has 1 aromatic carbocycles. The van der Waals surface area contributed by atoms with Gasteiger partial charge in [0.15, 0.2) is 6.10 Å². The summed E-state index contributed by atoms with van der Waals surface area (Å²) in [6.07, 6.45) is 1.97. The van der Waals surface area contributed by atoms with E-state index in [1.54, 1.807) is 0 Å². The van der Waals surface area contributed by atoms with Gasteiger partial charge in [0.25, 0.3) is 0 Å². The normalized spacial score (nSPS) is 23.6. The molecule has 4 nitrogen and oxygen atoms in total. The molecule has 0 saturated carbocycles. The van der Waals surface area contributed by atoms with Gasteiger partial charge in [-0.2, -0.15) is 0 Å². The molecule has 0 amide bonds. The minimum atomic E-state index is -0.842. The number of rotatable bonds is 7. The van der Waals surface area contributed by atoms with Crippen LogP contribution in [0.15, 0.2) is 30.3 Å². The molecule has 2 rings (SSSR count). The van der Waals surface area contributed by atoms with Crippen molar-refractivity contribution in [3.8, 4) is 0 Å². The highest BCUT2D eigenvalue weighted by atomic mass is 16.5. The second kappa shape index (κ2) is 7.41. The van der Waals surface area contributed by atoms with Gasteiger partial charge in [-0.1, -0.05) is 37.3 Å². The largest absolute Gasteiger partial charge is 0.479 e. The molecular weight excluding hydrogens is 254 g/mol. The number of aliphatic carboxylic acids is 1. The van der Waals surface area contributed by atoms with E-state index in [0.29, 0.717) is 12.3 Å². The third-order valence-electron chi connectivity index (χ3n) is 3.88. The van der Waals surface area contributed by atoms with Crippen molar-refractivity contribution in [3.63, 3.8) is 0 Å². The molecule has 3 unspecified atom stereocenters. The molecule has 1 aromatic rings. The maximum atomic E-state index is 10.8. The Morgan fingerprint density at radius 1 is 1.40 bits per heavy atom. The number of carbonyl (C=O) groups is 1. The first-order valence-electron chi connectivity index (χ1n) is 7.30. The van der Waals surface area contributed by atoms with Crippen LogP contribution in [0.25, 0.3) is 0 Å². The second-order valence-corrected chi connectivity index (χ2v) is 5.47. The smallest absolute Gasteiger partial charge is 0.332 e. The van der Waals surface area contributed by atoms with Crippen molar-refractivity contribution < 1.29 is 14.6 Å². The van der Waals surface area contributed by atoms with E-state index in [1.807, 2.05) is 6.07 Å². The van der Waals surface area contributed by atoms with Crippen LogP contribution < -0.4 is 5.32 Å². The molecule has 1 saturated heterocycles. The second-order valence-electron chi connectivity index (χ2n) is 5.47. The van der Waals surface area contributed by atoms with Gasteiger partial charge in [0, 0.05) is 6.54 Å². The summed E-state index contributed by atoms with van der Waals surface area (Å²) < 4.78 is 5.45. The van der Waals surface area contributed by atoms with Gasteiger partial charge in [-0.3, -0.25) is 0 Å². The Hall–Kier alpha value is -1.39. The van der Waals surface area contributed by atoms with E-state index in [9.17, 15) is 4.79 Å². The molecule has 0 spiro atoms. The van der Waals surface area contributed by atoms with E-state index in [1.165, 1.54) is 5.56 Å². The summed E-state index contributed by atoms with van der Waals surface area (Å²) in [6, 6.07) is 10.5. The standard InChI is InChI=1S/C16H23NO3/c1-12(13-5-3-2-4-6-13)9-10-17-11-14-7-8-15(20-14)16(18)19/h2-6,12,14-15,17H,7-11H2,1H3,(H,18,19). The van der Waals surface area contributed by atoms with Gasteiger partial charge in [0.1, 0.15) is 0 Å². The van der Waals surface area contributed by atoms with Gasteiger partial charge in [0.05, 0.1) is 6.10 Å². The average Bonchev–Trinajstić information content (AvgIpc) is 2.93. The molecule has 0 aliphatic carbocycles. The van der Waals surface area contributed by atoms with Crippen molar-refractivity contribution in [2.45, 2.75) is 44.3 Å². The maximum absolute atomic E-state index is 10.8. The highest BCUT2D eigenvalue weighted by Crippen LogP contribution is 2.20. The van der Waals surface area contributed by atoms with E-state index in [0.717, 1.165) is 25.9 Å². The van der Waals surface area contributed by atoms with Crippen molar-refractivity contribution in [3.05, 3.63) is 35.9 Å². The first-order valence-corrected chi connectivity index (χ1v) is 7.30. The van der Waals surface area contributed by atoms with Crippen LogP contribution in [0.2, 0.25) is 0 Å². The van der Waals surface area contributed by atoms with Crippen molar-refractivity contribution in [2.24, 2.45) is 0 Å².